The van der Waals surface area contributed by atoms with Gasteiger partial charge in [0.15, 0.2) is 0 Å². The molecule has 7 nitrogen and oxygen atoms in total. The summed E-state index contributed by atoms with van der Waals surface area (Å²) >= 11 is 11.9. The SMILES string of the molecule is C=CCN(C)C(=O)[C@H]1[C@H]2C(=O)N([C@@H](CO)CC(C)C)C(C(=O)N(CC=C)c3ccccc3Cl)C23CC(Br)[C@@H]1S3. The van der Waals surface area contributed by atoms with Crippen molar-refractivity contribution in [2.24, 2.45) is 17.8 Å². The molecule has 1 aromatic rings. The quantitative estimate of drug-likeness (QED) is 0.288. The zero-order valence-electron chi connectivity index (χ0n) is 22.6. The van der Waals surface area contributed by atoms with E-state index in [-0.39, 0.29) is 46.9 Å². The maximum absolute atomic E-state index is 14.7. The number of thioether (sulfide) groups is 1. The van der Waals surface area contributed by atoms with Gasteiger partial charge in [0.05, 0.1) is 39.9 Å². The third kappa shape index (κ3) is 5.09. The lowest BCUT2D eigenvalue weighted by molar-refractivity contribution is -0.145. The number of carbonyl (C=O) groups excluding carboxylic acids is 3. The van der Waals surface area contributed by atoms with Gasteiger partial charge in [0.1, 0.15) is 6.04 Å². The normalized spacial score (nSPS) is 29.9. The van der Waals surface area contributed by atoms with E-state index in [9.17, 15) is 19.5 Å². The maximum Gasteiger partial charge on any atom is 0.251 e. The first-order valence-electron chi connectivity index (χ1n) is 13.3. The molecular formula is C29H37BrClN3O4S. The number of rotatable bonds is 11. The van der Waals surface area contributed by atoms with Crippen molar-refractivity contribution < 1.29 is 19.5 Å². The first-order valence-corrected chi connectivity index (χ1v) is 15.5. The van der Waals surface area contributed by atoms with E-state index in [0.29, 0.717) is 30.1 Å². The average Bonchev–Trinajstić information content (AvgIpc) is 3.49. The Balaban J connectivity index is 1.87. The molecule has 7 atom stereocenters. The molecule has 3 unspecified atom stereocenters. The molecule has 3 amide bonds. The molecule has 3 saturated heterocycles. The van der Waals surface area contributed by atoms with Crippen LogP contribution in [0.5, 0.6) is 0 Å². The smallest absolute Gasteiger partial charge is 0.251 e. The van der Waals surface area contributed by atoms with Gasteiger partial charge in [0.25, 0.3) is 5.91 Å². The fourth-order valence-electron chi connectivity index (χ4n) is 6.63. The molecule has 3 heterocycles. The second kappa shape index (κ2) is 12.0. The Morgan fingerprint density at radius 2 is 1.92 bits per heavy atom. The summed E-state index contributed by atoms with van der Waals surface area (Å²) in [6.07, 6.45) is 4.39. The molecule has 0 saturated carbocycles. The van der Waals surface area contributed by atoms with Gasteiger partial charge in [-0.2, -0.15) is 0 Å². The molecule has 1 spiro atoms. The standard InChI is InChI=1S/C29H37BrClN3O4S/c1-6-12-32(5)26(36)22-23-27(37)34(18(16-35)14-17(3)4)25(29(23)15-19(30)24(22)39-29)28(38)33(13-7-2)21-11-9-8-10-20(21)31/h6-11,17-19,22-25,35H,1-2,12-16H2,3-5H3/t18-,19?,22+,23+,24+,25?,29?/m1/s1. The molecule has 2 bridgehead atoms. The van der Waals surface area contributed by atoms with E-state index in [2.05, 4.69) is 29.1 Å². The van der Waals surface area contributed by atoms with Gasteiger partial charge in [0.2, 0.25) is 11.8 Å². The number of benzene rings is 1. The predicted octanol–water partition coefficient (Wildman–Crippen LogP) is 4.38. The number of amides is 3. The lowest BCUT2D eigenvalue weighted by Gasteiger charge is -2.40. The summed E-state index contributed by atoms with van der Waals surface area (Å²) in [6, 6.07) is 5.68. The van der Waals surface area contributed by atoms with Crippen LogP contribution in [0.25, 0.3) is 0 Å². The van der Waals surface area contributed by atoms with Crippen molar-refractivity contribution in [3.63, 3.8) is 0 Å². The number of fused-ring (bicyclic) bond motifs is 1. The van der Waals surface area contributed by atoms with E-state index in [0.717, 1.165) is 0 Å². The molecule has 1 N–H and O–H groups in total. The molecule has 3 aliphatic heterocycles. The van der Waals surface area contributed by atoms with Gasteiger partial charge in [-0.25, -0.2) is 0 Å². The molecule has 0 aliphatic carbocycles. The maximum atomic E-state index is 14.7. The number of alkyl halides is 1. The van der Waals surface area contributed by atoms with Gasteiger partial charge in [-0.1, -0.05) is 65.7 Å². The number of likely N-dealkylation sites (tertiary alicyclic amines) is 1. The van der Waals surface area contributed by atoms with Crippen LogP contribution in [0.4, 0.5) is 5.69 Å². The van der Waals surface area contributed by atoms with Crippen molar-refractivity contribution in [3.8, 4) is 0 Å². The van der Waals surface area contributed by atoms with Crippen LogP contribution in [0.1, 0.15) is 26.7 Å². The second-order valence-corrected chi connectivity index (χ2v) is 14.2. The minimum Gasteiger partial charge on any atom is -0.394 e. The Kier molecular flexibility index (Phi) is 9.25. The lowest BCUT2D eigenvalue weighted by atomic mass is 9.70. The number of halogens is 2. The number of anilines is 1. The first kappa shape index (κ1) is 30.2. The predicted molar refractivity (Wildman–Crippen MR) is 161 cm³/mol. The summed E-state index contributed by atoms with van der Waals surface area (Å²) in [6.45, 7) is 12.0. The molecule has 4 rings (SSSR count). The molecule has 0 radical (unpaired) electrons. The molecule has 3 fully saturated rings. The van der Waals surface area contributed by atoms with Crippen molar-refractivity contribution in [3.05, 3.63) is 54.6 Å². The monoisotopic (exact) mass is 637 g/mol. The number of nitrogens with zero attached hydrogens (tertiary/aromatic N) is 3. The third-order valence-electron chi connectivity index (χ3n) is 8.09. The Morgan fingerprint density at radius 3 is 2.51 bits per heavy atom. The van der Waals surface area contributed by atoms with Gasteiger partial charge in [-0.3, -0.25) is 14.4 Å². The molecule has 212 valence electrons. The van der Waals surface area contributed by atoms with E-state index >= 15 is 0 Å². The summed E-state index contributed by atoms with van der Waals surface area (Å²) in [5, 5.41) is 10.8. The average molecular weight is 639 g/mol. The van der Waals surface area contributed by atoms with Gasteiger partial charge in [-0.15, -0.1) is 24.9 Å². The lowest BCUT2D eigenvalue weighted by Crippen LogP contribution is -2.58. The van der Waals surface area contributed by atoms with Gasteiger partial charge in [-0.05, 0) is 30.9 Å². The van der Waals surface area contributed by atoms with Crippen LogP contribution in [0.15, 0.2) is 49.6 Å². The summed E-state index contributed by atoms with van der Waals surface area (Å²) in [5.41, 5.74) is 0.534. The van der Waals surface area contributed by atoms with Crippen molar-refractivity contribution in [2.75, 3.05) is 31.6 Å². The Hall–Kier alpha value is -1.81. The number of hydrogen-bond donors (Lipinski definition) is 1. The largest absolute Gasteiger partial charge is 0.394 e. The summed E-state index contributed by atoms with van der Waals surface area (Å²) in [5.74, 6) is -1.71. The number of hydrogen-bond acceptors (Lipinski definition) is 5. The highest BCUT2D eigenvalue weighted by Gasteiger charge is 2.76. The number of carbonyl (C=O) groups is 3. The summed E-state index contributed by atoms with van der Waals surface area (Å²) in [4.78, 5) is 47.6. The fourth-order valence-corrected chi connectivity index (χ4v) is 10.5. The molecule has 10 heteroatoms. The Labute approximate surface area is 248 Å². The number of aliphatic hydroxyl groups is 1. The number of aliphatic hydroxyl groups excluding tert-OH is 1. The molecule has 0 aromatic heterocycles. The van der Waals surface area contributed by atoms with Crippen LogP contribution in [-0.4, -0.2) is 86.3 Å². The van der Waals surface area contributed by atoms with E-state index < -0.39 is 28.7 Å². The van der Waals surface area contributed by atoms with Gasteiger partial charge < -0.3 is 19.8 Å². The minimum atomic E-state index is -0.875. The van der Waals surface area contributed by atoms with Crippen LogP contribution in [0.3, 0.4) is 0 Å². The van der Waals surface area contributed by atoms with Crippen LogP contribution in [-0.2, 0) is 14.4 Å². The number of likely N-dealkylation sites (N-methyl/N-ethyl adjacent to an activating group) is 1. The molecule has 1 aromatic carbocycles. The molecular weight excluding hydrogens is 602 g/mol. The minimum absolute atomic E-state index is 0.0428. The van der Waals surface area contributed by atoms with Crippen molar-refractivity contribution >= 4 is 62.7 Å². The Morgan fingerprint density at radius 1 is 1.26 bits per heavy atom. The van der Waals surface area contributed by atoms with E-state index in [1.807, 2.05) is 19.9 Å². The van der Waals surface area contributed by atoms with Crippen molar-refractivity contribution in [1.29, 1.82) is 0 Å². The highest BCUT2D eigenvalue weighted by atomic mass is 79.9. The zero-order valence-corrected chi connectivity index (χ0v) is 25.8. The van der Waals surface area contributed by atoms with E-state index in [1.54, 1.807) is 63.9 Å². The van der Waals surface area contributed by atoms with Crippen molar-refractivity contribution in [1.82, 2.24) is 9.80 Å². The topological polar surface area (TPSA) is 81.2 Å². The zero-order chi connectivity index (χ0) is 28.6. The highest BCUT2D eigenvalue weighted by Crippen LogP contribution is 2.68. The van der Waals surface area contributed by atoms with E-state index in [1.165, 1.54) is 0 Å². The van der Waals surface area contributed by atoms with Crippen LogP contribution < -0.4 is 4.90 Å². The molecule has 3 aliphatic rings. The van der Waals surface area contributed by atoms with Gasteiger partial charge in [0, 0.05) is 30.2 Å². The fraction of sp³-hybridized carbons (Fsp3) is 0.552. The number of para-hydroxylation sites is 1. The second-order valence-electron chi connectivity index (χ2n) is 11.1. The van der Waals surface area contributed by atoms with Gasteiger partial charge >= 0.3 is 0 Å². The van der Waals surface area contributed by atoms with E-state index in [4.69, 9.17) is 11.6 Å². The van der Waals surface area contributed by atoms with Crippen LogP contribution in [0.2, 0.25) is 5.02 Å². The Bertz CT molecular complexity index is 1150. The summed E-state index contributed by atoms with van der Waals surface area (Å²) < 4.78 is -0.826. The first-order chi connectivity index (χ1) is 18.5. The van der Waals surface area contributed by atoms with Crippen molar-refractivity contribution in [2.45, 2.75) is 53.6 Å². The molecule has 39 heavy (non-hydrogen) atoms. The summed E-state index contributed by atoms with van der Waals surface area (Å²) in [7, 11) is 1.72. The van der Waals surface area contributed by atoms with Crippen LogP contribution in [0, 0.1) is 17.8 Å². The third-order valence-corrected chi connectivity index (χ3v) is 11.6. The highest BCUT2D eigenvalue weighted by molar-refractivity contribution is 9.09. The van der Waals surface area contributed by atoms with Crippen LogP contribution >= 0.6 is 39.3 Å².